The Hall–Kier alpha value is -1.59. The first-order valence-electron chi connectivity index (χ1n) is 9.73. The molecule has 2 N–H and O–H groups in total. The molecule has 2 heterocycles. The average molecular weight is 377 g/mol. The van der Waals surface area contributed by atoms with Gasteiger partial charge < -0.3 is 9.88 Å². The van der Waals surface area contributed by atoms with E-state index in [9.17, 15) is 4.79 Å². The molecular formula is C20H29ClN4O. The van der Waals surface area contributed by atoms with Crippen LogP contribution in [0.1, 0.15) is 57.9 Å². The van der Waals surface area contributed by atoms with Crippen molar-refractivity contribution in [1.82, 2.24) is 14.9 Å². The third kappa shape index (κ3) is 3.89. The highest BCUT2D eigenvalue weighted by molar-refractivity contribution is 5.93. The fourth-order valence-electron chi connectivity index (χ4n) is 4.42. The Kier molecular flexibility index (Phi) is 6.20. The number of imidazole rings is 1. The zero-order valence-electron chi connectivity index (χ0n) is 15.4. The molecule has 1 aliphatic carbocycles. The van der Waals surface area contributed by atoms with Crippen molar-refractivity contribution in [3.8, 4) is 0 Å². The van der Waals surface area contributed by atoms with Crippen molar-refractivity contribution >= 4 is 35.3 Å². The first-order chi connectivity index (χ1) is 12.2. The molecule has 0 radical (unpaired) electrons. The number of halogens is 1. The van der Waals surface area contributed by atoms with E-state index in [2.05, 4.69) is 34.3 Å². The van der Waals surface area contributed by atoms with Crippen molar-refractivity contribution in [1.29, 1.82) is 0 Å². The minimum atomic E-state index is 0. The van der Waals surface area contributed by atoms with Crippen LogP contribution in [0.3, 0.4) is 0 Å². The highest BCUT2D eigenvalue weighted by Crippen LogP contribution is 2.34. The fourth-order valence-corrected chi connectivity index (χ4v) is 4.42. The first kappa shape index (κ1) is 19.2. The fraction of sp³-hybridized carbons (Fsp3) is 0.600. The third-order valence-electron chi connectivity index (χ3n) is 5.77. The standard InChI is InChI=1S/C20H28N4O.ClH/c1-14-13-15(11-12-21-14)19(25)23-20-22-17-9-5-6-10-18(17)24(20)16-7-3-2-4-8-16;/h5-6,9-10,14-16,21H,2-4,7-8,11-13H2,1H3,(H,22,23,25);1H/t14-,15-;/m0./s1. The van der Waals surface area contributed by atoms with Crippen molar-refractivity contribution in [3.63, 3.8) is 0 Å². The molecule has 5 nitrogen and oxygen atoms in total. The number of benzene rings is 1. The zero-order chi connectivity index (χ0) is 17.2. The van der Waals surface area contributed by atoms with E-state index in [1.807, 2.05) is 12.1 Å². The Morgan fingerprint density at radius 2 is 1.96 bits per heavy atom. The SMILES string of the molecule is C[C@H]1C[C@@H](C(=O)Nc2nc3ccccc3n2C2CCCCC2)CCN1.Cl. The Morgan fingerprint density at radius 1 is 1.19 bits per heavy atom. The number of carbonyl (C=O) groups excluding carboxylic acids is 1. The van der Waals surface area contributed by atoms with E-state index in [1.54, 1.807) is 0 Å². The van der Waals surface area contributed by atoms with E-state index in [-0.39, 0.29) is 24.2 Å². The summed E-state index contributed by atoms with van der Waals surface area (Å²) in [5, 5.41) is 6.59. The van der Waals surface area contributed by atoms with Crippen LogP contribution in [0.25, 0.3) is 11.0 Å². The van der Waals surface area contributed by atoms with E-state index in [1.165, 1.54) is 32.1 Å². The number of hydrogen-bond donors (Lipinski definition) is 2. The van der Waals surface area contributed by atoms with E-state index >= 15 is 0 Å². The van der Waals surface area contributed by atoms with Gasteiger partial charge in [0.15, 0.2) is 0 Å². The van der Waals surface area contributed by atoms with Crippen molar-refractivity contribution in [3.05, 3.63) is 24.3 Å². The molecule has 0 unspecified atom stereocenters. The number of nitrogens with one attached hydrogen (secondary N) is 2. The van der Waals surface area contributed by atoms with Crippen molar-refractivity contribution in [2.24, 2.45) is 5.92 Å². The summed E-state index contributed by atoms with van der Waals surface area (Å²) in [6.45, 7) is 3.06. The van der Waals surface area contributed by atoms with Crippen LogP contribution < -0.4 is 10.6 Å². The van der Waals surface area contributed by atoms with Crippen LogP contribution in [0.5, 0.6) is 0 Å². The summed E-state index contributed by atoms with van der Waals surface area (Å²) < 4.78 is 2.29. The molecule has 2 atom stereocenters. The lowest BCUT2D eigenvalue weighted by molar-refractivity contribution is -0.120. The topological polar surface area (TPSA) is 59.0 Å². The lowest BCUT2D eigenvalue weighted by atomic mass is 9.92. The number of para-hydroxylation sites is 2. The normalized spacial score (nSPS) is 24.2. The van der Waals surface area contributed by atoms with Gasteiger partial charge in [0.1, 0.15) is 0 Å². The van der Waals surface area contributed by atoms with Crippen molar-refractivity contribution in [2.45, 2.75) is 64.0 Å². The molecule has 142 valence electrons. The number of fused-ring (bicyclic) bond motifs is 1. The molecule has 1 aromatic carbocycles. The maximum absolute atomic E-state index is 12.8. The van der Waals surface area contributed by atoms with Crippen molar-refractivity contribution < 1.29 is 4.79 Å². The predicted molar refractivity (Wildman–Crippen MR) is 108 cm³/mol. The van der Waals surface area contributed by atoms with Gasteiger partial charge >= 0.3 is 0 Å². The number of anilines is 1. The Labute approximate surface area is 161 Å². The van der Waals surface area contributed by atoms with Crippen LogP contribution in [0, 0.1) is 5.92 Å². The second kappa shape index (κ2) is 8.40. The van der Waals surface area contributed by atoms with Gasteiger partial charge in [0, 0.05) is 18.0 Å². The summed E-state index contributed by atoms with van der Waals surface area (Å²) in [5.74, 6) is 0.945. The van der Waals surface area contributed by atoms with Crippen LogP contribution >= 0.6 is 12.4 Å². The molecule has 4 rings (SSSR count). The minimum Gasteiger partial charge on any atom is -0.314 e. The quantitative estimate of drug-likeness (QED) is 0.840. The van der Waals surface area contributed by atoms with Gasteiger partial charge in [-0.15, -0.1) is 12.4 Å². The second-order valence-corrected chi connectivity index (χ2v) is 7.65. The monoisotopic (exact) mass is 376 g/mol. The van der Waals surface area contributed by atoms with Gasteiger partial charge in [-0.05, 0) is 51.3 Å². The second-order valence-electron chi connectivity index (χ2n) is 7.65. The molecule has 1 amide bonds. The van der Waals surface area contributed by atoms with Crippen molar-refractivity contribution in [2.75, 3.05) is 11.9 Å². The molecule has 0 spiro atoms. The van der Waals surface area contributed by atoms with Gasteiger partial charge in [-0.2, -0.15) is 0 Å². The van der Waals surface area contributed by atoms with Gasteiger partial charge in [-0.25, -0.2) is 4.98 Å². The largest absolute Gasteiger partial charge is 0.314 e. The molecule has 2 aromatic rings. The number of hydrogen-bond acceptors (Lipinski definition) is 3. The summed E-state index contributed by atoms with van der Waals surface area (Å²) in [4.78, 5) is 17.6. The van der Waals surface area contributed by atoms with Crippen LogP contribution in [0.15, 0.2) is 24.3 Å². The Balaban J connectivity index is 0.00000196. The highest BCUT2D eigenvalue weighted by atomic mass is 35.5. The Morgan fingerprint density at radius 3 is 2.73 bits per heavy atom. The lowest BCUT2D eigenvalue weighted by Gasteiger charge is -2.28. The Bertz CT molecular complexity index is 753. The number of carbonyl (C=O) groups is 1. The number of piperidine rings is 1. The molecule has 2 aliphatic rings. The summed E-state index contributed by atoms with van der Waals surface area (Å²) in [5.41, 5.74) is 2.12. The number of aromatic nitrogens is 2. The summed E-state index contributed by atoms with van der Waals surface area (Å²) in [6, 6.07) is 9.09. The molecule has 2 fully saturated rings. The van der Waals surface area contributed by atoms with Gasteiger partial charge in [-0.3, -0.25) is 10.1 Å². The molecule has 0 bridgehead atoms. The predicted octanol–water partition coefficient (Wildman–Crippen LogP) is 4.29. The van der Waals surface area contributed by atoms with E-state index in [0.717, 1.165) is 36.4 Å². The lowest BCUT2D eigenvalue weighted by Crippen LogP contribution is -2.40. The highest BCUT2D eigenvalue weighted by Gasteiger charge is 2.27. The summed E-state index contributed by atoms with van der Waals surface area (Å²) >= 11 is 0. The van der Waals surface area contributed by atoms with E-state index in [4.69, 9.17) is 4.98 Å². The summed E-state index contributed by atoms with van der Waals surface area (Å²) in [6.07, 6.45) is 7.99. The molecule has 6 heteroatoms. The van der Waals surface area contributed by atoms with E-state index in [0.29, 0.717) is 12.1 Å². The van der Waals surface area contributed by atoms with Gasteiger partial charge in [0.2, 0.25) is 11.9 Å². The third-order valence-corrected chi connectivity index (χ3v) is 5.77. The molecule has 1 saturated carbocycles. The number of amides is 1. The van der Waals surface area contributed by atoms with Crippen LogP contribution in [0.4, 0.5) is 5.95 Å². The molecule has 26 heavy (non-hydrogen) atoms. The molecule has 1 aliphatic heterocycles. The minimum absolute atomic E-state index is 0. The van der Waals surface area contributed by atoms with Gasteiger partial charge in [-0.1, -0.05) is 31.4 Å². The first-order valence-corrected chi connectivity index (χ1v) is 9.73. The zero-order valence-corrected chi connectivity index (χ0v) is 16.2. The maximum atomic E-state index is 12.8. The van der Waals surface area contributed by atoms with E-state index < -0.39 is 0 Å². The molecule has 1 saturated heterocycles. The van der Waals surface area contributed by atoms with Gasteiger partial charge in [0.25, 0.3) is 0 Å². The van der Waals surface area contributed by atoms with Gasteiger partial charge in [0.05, 0.1) is 11.0 Å². The number of nitrogens with zero attached hydrogens (tertiary/aromatic N) is 2. The van der Waals surface area contributed by atoms with Crippen LogP contribution in [0.2, 0.25) is 0 Å². The molecule has 1 aromatic heterocycles. The number of rotatable bonds is 3. The maximum Gasteiger partial charge on any atom is 0.229 e. The summed E-state index contributed by atoms with van der Waals surface area (Å²) in [7, 11) is 0. The van der Waals surface area contributed by atoms with Crippen LogP contribution in [-0.4, -0.2) is 28.0 Å². The molecular weight excluding hydrogens is 348 g/mol. The smallest absolute Gasteiger partial charge is 0.229 e. The van der Waals surface area contributed by atoms with Crippen LogP contribution in [-0.2, 0) is 4.79 Å². The average Bonchev–Trinajstić information content (AvgIpc) is 3.00.